The van der Waals surface area contributed by atoms with E-state index in [2.05, 4.69) is 60.2 Å². The van der Waals surface area contributed by atoms with Crippen molar-refractivity contribution in [1.29, 1.82) is 0 Å². The quantitative estimate of drug-likeness (QED) is 0.502. The van der Waals surface area contributed by atoms with Crippen LogP contribution in [0.5, 0.6) is 0 Å². The fraction of sp³-hybridized carbons (Fsp3) is 0.682. The molecule has 2 unspecified atom stereocenters. The average Bonchev–Trinajstić information content (AvgIpc) is 3.13. The van der Waals surface area contributed by atoms with E-state index in [0.29, 0.717) is 24.5 Å². The minimum Gasteiger partial charge on any atom is -0.378 e. The number of aliphatic imine (C=N–C) groups is 1. The highest BCUT2D eigenvalue weighted by atomic mass is 16.5. The van der Waals surface area contributed by atoms with Gasteiger partial charge in [-0.05, 0) is 31.2 Å². The molecule has 0 radical (unpaired) electrons. The maximum absolute atomic E-state index is 5.93. The predicted molar refractivity (Wildman–Crippen MR) is 112 cm³/mol. The molecular formula is C22H37N3O2. The summed E-state index contributed by atoms with van der Waals surface area (Å²) in [6, 6.07) is 10.4. The van der Waals surface area contributed by atoms with Gasteiger partial charge in [0.05, 0.1) is 19.3 Å². The highest BCUT2D eigenvalue weighted by molar-refractivity contribution is 5.80. The highest BCUT2D eigenvalue weighted by Gasteiger charge is 2.25. The average molecular weight is 376 g/mol. The largest absolute Gasteiger partial charge is 0.378 e. The van der Waals surface area contributed by atoms with E-state index >= 15 is 0 Å². The predicted octanol–water partition coefficient (Wildman–Crippen LogP) is 3.55. The lowest BCUT2D eigenvalue weighted by molar-refractivity contribution is 0.0257. The van der Waals surface area contributed by atoms with Crippen LogP contribution in [0.25, 0.3) is 0 Å². The van der Waals surface area contributed by atoms with Gasteiger partial charge in [0.1, 0.15) is 0 Å². The summed E-state index contributed by atoms with van der Waals surface area (Å²) in [6.07, 6.45) is 2.46. The van der Waals surface area contributed by atoms with Crippen LogP contribution >= 0.6 is 0 Å². The van der Waals surface area contributed by atoms with Crippen molar-refractivity contribution in [3.8, 4) is 0 Å². The summed E-state index contributed by atoms with van der Waals surface area (Å²) in [5, 5.41) is 3.51. The van der Waals surface area contributed by atoms with Crippen LogP contribution in [-0.2, 0) is 16.1 Å². The molecule has 152 valence electrons. The number of hydrogen-bond acceptors (Lipinski definition) is 3. The molecule has 2 rings (SSSR count). The van der Waals surface area contributed by atoms with Crippen LogP contribution in [0, 0.1) is 11.8 Å². The van der Waals surface area contributed by atoms with Gasteiger partial charge in [0.25, 0.3) is 0 Å². The van der Waals surface area contributed by atoms with E-state index in [0.717, 1.165) is 51.6 Å². The number of benzene rings is 1. The maximum Gasteiger partial charge on any atom is 0.193 e. The highest BCUT2D eigenvalue weighted by Crippen LogP contribution is 2.17. The molecule has 1 N–H and O–H groups in total. The van der Waals surface area contributed by atoms with Crippen LogP contribution in [0.15, 0.2) is 35.3 Å². The summed E-state index contributed by atoms with van der Waals surface area (Å²) in [4.78, 5) is 6.82. The van der Waals surface area contributed by atoms with Crippen molar-refractivity contribution in [3.63, 3.8) is 0 Å². The monoisotopic (exact) mass is 375 g/mol. The molecule has 0 saturated carbocycles. The number of ether oxygens (including phenoxy) is 2. The molecule has 5 nitrogen and oxygen atoms in total. The first kappa shape index (κ1) is 21.7. The summed E-state index contributed by atoms with van der Waals surface area (Å²) in [5.74, 6) is 2.10. The fourth-order valence-electron chi connectivity index (χ4n) is 3.56. The smallest absolute Gasteiger partial charge is 0.193 e. The minimum atomic E-state index is 0.304. The standard InChI is InChI=1S/C22H37N3O2/c1-5-27-21(18(2)3)11-13-24-22(23-4)25-14-12-20(15-25)17-26-16-19-9-7-6-8-10-19/h6-10,18,20-21H,5,11-17H2,1-4H3,(H,23,24). The number of likely N-dealkylation sites (tertiary alicyclic amines) is 1. The Hall–Kier alpha value is -1.59. The first-order chi connectivity index (χ1) is 13.1. The van der Waals surface area contributed by atoms with Gasteiger partial charge in [-0.25, -0.2) is 0 Å². The zero-order chi connectivity index (χ0) is 19.5. The summed E-state index contributed by atoms with van der Waals surface area (Å²) in [5.41, 5.74) is 1.24. The number of nitrogens with zero attached hydrogens (tertiary/aromatic N) is 2. The number of rotatable bonds is 10. The van der Waals surface area contributed by atoms with Crippen LogP contribution in [0.4, 0.5) is 0 Å². The molecule has 1 saturated heterocycles. The molecule has 2 atom stereocenters. The molecule has 1 fully saturated rings. The Morgan fingerprint density at radius 2 is 2.07 bits per heavy atom. The van der Waals surface area contributed by atoms with Gasteiger partial charge in [0.2, 0.25) is 0 Å². The number of guanidine groups is 1. The van der Waals surface area contributed by atoms with E-state index in [1.165, 1.54) is 5.56 Å². The third-order valence-corrected chi connectivity index (χ3v) is 5.10. The second-order valence-corrected chi connectivity index (χ2v) is 7.60. The minimum absolute atomic E-state index is 0.304. The Bertz CT molecular complexity index is 548. The van der Waals surface area contributed by atoms with Crippen molar-refractivity contribution < 1.29 is 9.47 Å². The molecule has 1 aromatic rings. The first-order valence-electron chi connectivity index (χ1n) is 10.3. The van der Waals surface area contributed by atoms with Crippen LogP contribution < -0.4 is 5.32 Å². The Morgan fingerprint density at radius 1 is 1.30 bits per heavy atom. The number of nitrogens with one attached hydrogen (secondary N) is 1. The lowest BCUT2D eigenvalue weighted by Crippen LogP contribution is -2.41. The molecule has 1 aliphatic heterocycles. The van der Waals surface area contributed by atoms with E-state index in [4.69, 9.17) is 9.47 Å². The maximum atomic E-state index is 5.93. The molecule has 0 amide bonds. The molecule has 1 aliphatic rings. The van der Waals surface area contributed by atoms with Crippen LogP contribution in [0.2, 0.25) is 0 Å². The van der Waals surface area contributed by atoms with Crippen LogP contribution in [0.3, 0.4) is 0 Å². The molecule has 1 aromatic carbocycles. The van der Waals surface area contributed by atoms with Gasteiger partial charge in [-0.15, -0.1) is 0 Å². The lowest BCUT2D eigenvalue weighted by atomic mass is 10.0. The fourth-order valence-corrected chi connectivity index (χ4v) is 3.56. The molecule has 27 heavy (non-hydrogen) atoms. The summed E-state index contributed by atoms with van der Waals surface area (Å²) in [6.45, 7) is 11.7. The van der Waals surface area contributed by atoms with Crippen molar-refractivity contribution in [3.05, 3.63) is 35.9 Å². The zero-order valence-electron chi connectivity index (χ0n) is 17.5. The van der Waals surface area contributed by atoms with Crippen molar-refractivity contribution in [2.24, 2.45) is 16.8 Å². The second kappa shape index (κ2) is 12.0. The van der Waals surface area contributed by atoms with E-state index in [1.54, 1.807) is 0 Å². The Labute approximate surface area is 165 Å². The topological polar surface area (TPSA) is 46.1 Å². The second-order valence-electron chi connectivity index (χ2n) is 7.60. The molecule has 1 heterocycles. The van der Waals surface area contributed by atoms with Crippen LogP contribution in [-0.4, -0.2) is 56.9 Å². The van der Waals surface area contributed by atoms with Gasteiger partial charge >= 0.3 is 0 Å². The zero-order valence-corrected chi connectivity index (χ0v) is 17.5. The first-order valence-corrected chi connectivity index (χ1v) is 10.3. The normalized spacial score (nSPS) is 18.9. The van der Waals surface area contributed by atoms with Crippen molar-refractivity contribution in [1.82, 2.24) is 10.2 Å². The van der Waals surface area contributed by atoms with Crippen molar-refractivity contribution >= 4 is 5.96 Å². The van der Waals surface area contributed by atoms with Gasteiger partial charge in [-0.3, -0.25) is 4.99 Å². The SMILES string of the molecule is CCOC(CCNC(=NC)N1CCC(COCc2ccccc2)C1)C(C)C. The van der Waals surface area contributed by atoms with Gasteiger partial charge in [0, 0.05) is 39.2 Å². The summed E-state index contributed by atoms with van der Waals surface area (Å²) < 4.78 is 11.8. The van der Waals surface area contributed by atoms with E-state index in [-0.39, 0.29) is 0 Å². The van der Waals surface area contributed by atoms with E-state index in [1.807, 2.05) is 13.1 Å². The molecule has 0 spiro atoms. The third-order valence-electron chi connectivity index (χ3n) is 5.10. The summed E-state index contributed by atoms with van der Waals surface area (Å²) >= 11 is 0. The Kier molecular flexibility index (Phi) is 9.64. The Balaban J connectivity index is 1.69. The third kappa shape index (κ3) is 7.51. The lowest BCUT2D eigenvalue weighted by Gasteiger charge is -2.24. The Morgan fingerprint density at radius 3 is 2.74 bits per heavy atom. The number of hydrogen-bond donors (Lipinski definition) is 1. The van der Waals surface area contributed by atoms with Gasteiger partial charge in [-0.2, -0.15) is 0 Å². The summed E-state index contributed by atoms with van der Waals surface area (Å²) in [7, 11) is 1.87. The van der Waals surface area contributed by atoms with E-state index in [9.17, 15) is 0 Å². The van der Waals surface area contributed by atoms with E-state index < -0.39 is 0 Å². The van der Waals surface area contributed by atoms with Crippen molar-refractivity contribution in [2.75, 3.05) is 39.9 Å². The van der Waals surface area contributed by atoms with Gasteiger partial charge in [-0.1, -0.05) is 44.2 Å². The molecule has 5 heteroatoms. The molecule has 0 aromatic heterocycles. The van der Waals surface area contributed by atoms with Crippen LogP contribution in [0.1, 0.15) is 39.2 Å². The molecular weight excluding hydrogens is 338 g/mol. The van der Waals surface area contributed by atoms with Crippen molar-refractivity contribution in [2.45, 2.75) is 46.3 Å². The molecule has 0 bridgehead atoms. The van der Waals surface area contributed by atoms with Gasteiger partial charge in [0.15, 0.2) is 5.96 Å². The van der Waals surface area contributed by atoms with Gasteiger partial charge < -0.3 is 19.7 Å². The molecule has 0 aliphatic carbocycles.